The molecule has 29 heavy (non-hydrogen) atoms. The lowest BCUT2D eigenvalue weighted by atomic mass is 10.0. The first-order valence-electron chi connectivity index (χ1n) is 11.0. The number of nitrogens with one attached hydrogen (secondary N) is 1. The lowest BCUT2D eigenvalue weighted by Gasteiger charge is -2.17. The highest BCUT2D eigenvalue weighted by atomic mass is 16.2. The molecule has 4 rings (SSSR count). The van der Waals surface area contributed by atoms with Crippen molar-refractivity contribution in [1.29, 1.82) is 0 Å². The number of fused-ring (bicyclic) bond motifs is 1. The van der Waals surface area contributed by atoms with Crippen LogP contribution in [0.5, 0.6) is 0 Å². The number of nitrogens with zero attached hydrogens (tertiary/aromatic N) is 4. The van der Waals surface area contributed by atoms with Crippen LogP contribution in [0.4, 0.5) is 0 Å². The Kier molecular flexibility index (Phi) is 6.11. The van der Waals surface area contributed by atoms with Crippen molar-refractivity contribution in [3.8, 4) is 0 Å². The van der Waals surface area contributed by atoms with Crippen molar-refractivity contribution in [3.05, 3.63) is 24.0 Å². The number of aromatic nitrogens is 3. The molecule has 1 aliphatic heterocycles. The SMILES string of the molecule is CC(=O)NCCn1nc([C@@H]2CCN(C(=O)CCC3CCCC3)C2)c2cccnc21. The molecule has 1 atom stereocenters. The fraction of sp³-hybridized carbons (Fsp3) is 0.636. The Morgan fingerprint density at radius 1 is 1.24 bits per heavy atom. The summed E-state index contributed by atoms with van der Waals surface area (Å²) in [6.07, 6.45) is 9.70. The first-order valence-corrected chi connectivity index (χ1v) is 11.0. The van der Waals surface area contributed by atoms with Gasteiger partial charge in [0.05, 0.1) is 12.2 Å². The second-order valence-electron chi connectivity index (χ2n) is 8.48. The van der Waals surface area contributed by atoms with Crippen LogP contribution in [0.3, 0.4) is 0 Å². The molecule has 0 aromatic carbocycles. The number of amides is 2. The summed E-state index contributed by atoms with van der Waals surface area (Å²) < 4.78 is 1.88. The predicted molar refractivity (Wildman–Crippen MR) is 111 cm³/mol. The van der Waals surface area contributed by atoms with Gasteiger partial charge < -0.3 is 10.2 Å². The molecule has 0 unspecified atom stereocenters. The van der Waals surface area contributed by atoms with Crippen LogP contribution < -0.4 is 5.32 Å². The van der Waals surface area contributed by atoms with Gasteiger partial charge in [-0.2, -0.15) is 5.10 Å². The summed E-state index contributed by atoms with van der Waals surface area (Å²) in [5, 5.41) is 8.71. The van der Waals surface area contributed by atoms with Gasteiger partial charge in [-0.25, -0.2) is 9.67 Å². The molecular formula is C22H31N5O2. The molecule has 7 nitrogen and oxygen atoms in total. The maximum absolute atomic E-state index is 12.7. The van der Waals surface area contributed by atoms with Crippen LogP contribution in [0, 0.1) is 5.92 Å². The zero-order valence-corrected chi connectivity index (χ0v) is 17.3. The Labute approximate surface area is 171 Å². The normalized spacial score (nSPS) is 19.9. The van der Waals surface area contributed by atoms with Crippen molar-refractivity contribution in [3.63, 3.8) is 0 Å². The van der Waals surface area contributed by atoms with Gasteiger partial charge in [0, 0.05) is 50.5 Å². The third kappa shape index (κ3) is 4.60. The molecule has 2 aromatic rings. The van der Waals surface area contributed by atoms with Crippen LogP contribution in [-0.2, 0) is 16.1 Å². The van der Waals surface area contributed by atoms with Gasteiger partial charge in [-0.15, -0.1) is 0 Å². The van der Waals surface area contributed by atoms with Crippen LogP contribution in [-0.4, -0.2) is 51.1 Å². The Bertz CT molecular complexity index is 871. The van der Waals surface area contributed by atoms with Gasteiger partial charge in [-0.05, 0) is 30.9 Å². The van der Waals surface area contributed by atoms with Crippen LogP contribution in [0.15, 0.2) is 18.3 Å². The molecular weight excluding hydrogens is 366 g/mol. The topological polar surface area (TPSA) is 80.1 Å². The summed E-state index contributed by atoms with van der Waals surface area (Å²) in [6, 6.07) is 4.00. The van der Waals surface area contributed by atoms with Gasteiger partial charge >= 0.3 is 0 Å². The van der Waals surface area contributed by atoms with Gasteiger partial charge in [0.25, 0.3) is 0 Å². The maximum Gasteiger partial charge on any atom is 0.222 e. The zero-order chi connectivity index (χ0) is 20.2. The third-order valence-electron chi connectivity index (χ3n) is 6.40. The molecule has 156 valence electrons. The second kappa shape index (κ2) is 8.93. The highest BCUT2D eigenvalue weighted by molar-refractivity contribution is 5.80. The van der Waals surface area contributed by atoms with E-state index in [1.54, 1.807) is 6.20 Å². The first kappa shape index (κ1) is 19.9. The van der Waals surface area contributed by atoms with E-state index in [4.69, 9.17) is 5.10 Å². The predicted octanol–water partition coefficient (Wildman–Crippen LogP) is 2.85. The Morgan fingerprint density at radius 2 is 2.07 bits per heavy atom. The number of likely N-dealkylation sites (tertiary alicyclic amines) is 1. The molecule has 1 N–H and O–H groups in total. The molecule has 0 radical (unpaired) electrons. The van der Waals surface area contributed by atoms with E-state index in [-0.39, 0.29) is 11.8 Å². The van der Waals surface area contributed by atoms with E-state index in [0.29, 0.717) is 25.4 Å². The molecule has 7 heteroatoms. The number of carbonyl (C=O) groups is 2. The standard InChI is InChI=1S/C22H31N5O2/c1-16(28)23-12-14-27-22-19(7-4-11-24-22)21(25-27)18-10-13-26(15-18)20(29)9-8-17-5-2-3-6-17/h4,7,11,17-18H,2-3,5-6,8-10,12-15H2,1H3,(H,23,28)/t18-/m1/s1. The molecule has 1 saturated heterocycles. The summed E-state index contributed by atoms with van der Waals surface area (Å²) in [5.41, 5.74) is 1.88. The lowest BCUT2D eigenvalue weighted by molar-refractivity contribution is -0.130. The number of carbonyl (C=O) groups excluding carboxylic acids is 2. The van der Waals surface area contributed by atoms with Gasteiger partial charge in [0.15, 0.2) is 5.65 Å². The Balaban J connectivity index is 1.41. The minimum atomic E-state index is -0.0443. The molecule has 2 fully saturated rings. The molecule has 3 heterocycles. The highest BCUT2D eigenvalue weighted by Crippen LogP contribution is 2.33. The summed E-state index contributed by atoms with van der Waals surface area (Å²) in [7, 11) is 0. The summed E-state index contributed by atoms with van der Waals surface area (Å²) in [4.78, 5) is 30.4. The van der Waals surface area contributed by atoms with Gasteiger partial charge in [-0.1, -0.05) is 25.7 Å². The fourth-order valence-electron chi connectivity index (χ4n) is 4.82. The third-order valence-corrected chi connectivity index (χ3v) is 6.40. The van der Waals surface area contributed by atoms with Crippen LogP contribution in [0.25, 0.3) is 11.0 Å². The van der Waals surface area contributed by atoms with Crippen molar-refractivity contribution < 1.29 is 9.59 Å². The van der Waals surface area contributed by atoms with Crippen molar-refractivity contribution >= 4 is 22.8 Å². The largest absolute Gasteiger partial charge is 0.354 e. The van der Waals surface area contributed by atoms with Gasteiger partial charge in [0.1, 0.15) is 0 Å². The number of hydrogen-bond donors (Lipinski definition) is 1. The molecule has 0 bridgehead atoms. The minimum Gasteiger partial charge on any atom is -0.354 e. The van der Waals surface area contributed by atoms with E-state index in [1.807, 2.05) is 15.6 Å². The smallest absolute Gasteiger partial charge is 0.222 e. The summed E-state index contributed by atoms with van der Waals surface area (Å²) in [5.74, 6) is 1.26. The van der Waals surface area contributed by atoms with E-state index in [0.717, 1.165) is 48.6 Å². The first-order chi connectivity index (χ1) is 14.1. The summed E-state index contributed by atoms with van der Waals surface area (Å²) >= 11 is 0. The molecule has 1 aliphatic carbocycles. The molecule has 2 aliphatic rings. The zero-order valence-electron chi connectivity index (χ0n) is 17.3. The maximum atomic E-state index is 12.7. The van der Waals surface area contributed by atoms with Crippen LogP contribution >= 0.6 is 0 Å². The van der Waals surface area contributed by atoms with E-state index in [1.165, 1.54) is 32.6 Å². The quantitative estimate of drug-likeness (QED) is 0.779. The molecule has 2 amide bonds. The van der Waals surface area contributed by atoms with E-state index >= 15 is 0 Å². The number of pyridine rings is 1. The molecule has 0 spiro atoms. The Morgan fingerprint density at radius 3 is 2.86 bits per heavy atom. The second-order valence-corrected chi connectivity index (χ2v) is 8.48. The highest BCUT2D eigenvalue weighted by Gasteiger charge is 2.31. The van der Waals surface area contributed by atoms with E-state index < -0.39 is 0 Å². The lowest BCUT2D eigenvalue weighted by Crippen LogP contribution is -2.28. The number of hydrogen-bond acceptors (Lipinski definition) is 4. The van der Waals surface area contributed by atoms with E-state index in [9.17, 15) is 9.59 Å². The monoisotopic (exact) mass is 397 g/mol. The van der Waals surface area contributed by atoms with Crippen molar-refractivity contribution in [2.45, 2.75) is 64.3 Å². The molecule has 2 aromatic heterocycles. The average molecular weight is 398 g/mol. The number of rotatable bonds is 7. The average Bonchev–Trinajstić information content (AvgIpc) is 3.46. The summed E-state index contributed by atoms with van der Waals surface area (Å²) in [6.45, 7) is 4.19. The van der Waals surface area contributed by atoms with Gasteiger partial charge in [0.2, 0.25) is 11.8 Å². The van der Waals surface area contributed by atoms with Crippen molar-refractivity contribution in [2.24, 2.45) is 5.92 Å². The molecule has 1 saturated carbocycles. The van der Waals surface area contributed by atoms with Crippen molar-refractivity contribution in [2.75, 3.05) is 19.6 Å². The fourth-order valence-corrected chi connectivity index (χ4v) is 4.82. The van der Waals surface area contributed by atoms with Crippen LogP contribution in [0.2, 0.25) is 0 Å². The Hall–Kier alpha value is -2.44. The minimum absolute atomic E-state index is 0.0443. The van der Waals surface area contributed by atoms with Crippen molar-refractivity contribution in [1.82, 2.24) is 25.0 Å². The van der Waals surface area contributed by atoms with Crippen LogP contribution in [0.1, 0.15) is 63.5 Å². The van der Waals surface area contributed by atoms with Gasteiger partial charge in [-0.3, -0.25) is 9.59 Å². The van der Waals surface area contributed by atoms with E-state index in [2.05, 4.69) is 16.4 Å².